The molecular weight excluding hydrogens is 266 g/mol. The van der Waals surface area contributed by atoms with Crippen molar-refractivity contribution in [3.05, 3.63) is 41.0 Å². The van der Waals surface area contributed by atoms with Crippen molar-refractivity contribution in [2.24, 2.45) is 0 Å². The highest BCUT2D eigenvalue weighted by Gasteiger charge is 2.25. The molecule has 0 radical (unpaired) electrons. The first-order valence-electron chi connectivity index (χ1n) is 7.28. The van der Waals surface area contributed by atoms with Gasteiger partial charge in [0.05, 0.1) is 0 Å². The number of nitrogens with zero attached hydrogens (tertiary/aromatic N) is 1. The molecule has 4 heteroatoms. The second-order valence-electron chi connectivity index (χ2n) is 5.60. The lowest BCUT2D eigenvalue weighted by Crippen LogP contribution is -2.35. The molecule has 0 heterocycles. The number of hydrogen-bond acceptors (Lipinski definition) is 2. The summed E-state index contributed by atoms with van der Waals surface area (Å²) in [5.41, 5.74) is 2.29. The minimum atomic E-state index is -0.994. The standard InChI is InChI=1S/C17H21NO3/c1-12-7-8-13(9-10-16(19)20)11-15(12)17(21)18(2)14-5-3-4-6-14/h7-11,14H,3-6H2,1-2H3,(H,19,20). The van der Waals surface area contributed by atoms with Gasteiger partial charge in [0.25, 0.3) is 5.91 Å². The molecule has 0 aromatic heterocycles. The number of carboxylic acid groups (broad SMARTS) is 1. The topological polar surface area (TPSA) is 57.6 Å². The summed E-state index contributed by atoms with van der Waals surface area (Å²) < 4.78 is 0. The number of carbonyl (C=O) groups excluding carboxylic acids is 1. The molecule has 1 aliphatic rings. The monoisotopic (exact) mass is 287 g/mol. The minimum absolute atomic E-state index is 0.0185. The molecule has 0 atom stereocenters. The molecular formula is C17H21NO3. The Morgan fingerprint density at radius 2 is 1.95 bits per heavy atom. The van der Waals surface area contributed by atoms with Gasteiger partial charge in [0, 0.05) is 24.7 Å². The normalized spacial score (nSPS) is 15.5. The average Bonchev–Trinajstić information content (AvgIpc) is 2.99. The van der Waals surface area contributed by atoms with Gasteiger partial charge in [-0.05, 0) is 43.0 Å². The van der Waals surface area contributed by atoms with E-state index in [9.17, 15) is 9.59 Å². The van der Waals surface area contributed by atoms with Gasteiger partial charge < -0.3 is 10.0 Å². The van der Waals surface area contributed by atoms with E-state index in [4.69, 9.17) is 5.11 Å². The molecule has 1 fully saturated rings. The van der Waals surface area contributed by atoms with Crippen LogP contribution in [-0.4, -0.2) is 35.0 Å². The van der Waals surface area contributed by atoms with Crippen LogP contribution in [0.5, 0.6) is 0 Å². The van der Waals surface area contributed by atoms with Crippen molar-refractivity contribution in [3.63, 3.8) is 0 Å². The Bertz CT molecular complexity index is 571. The SMILES string of the molecule is Cc1ccc(C=CC(=O)O)cc1C(=O)N(C)C1CCCC1. The van der Waals surface area contributed by atoms with Crippen molar-refractivity contribution in [3.8, 4) is 0 Å². The van der Waals surface area contributed by atoms with Crippen molar-refractivity contribution >= 4 is 18.0 Å². The fourth-order valence-corrected chi connectivity index (χ4v) is 2.79. The van der Waals surface area contributed by atoms with E-state index in [2.05, 4.69) is 0 Å². The molecule has 1 saturated carbocycles. The van der Waals surface area contributed by atoms with Gasteiger partial charge in [0.15, 0.2) is 0 Å². The summed E-state index contributed by atoms with van der Waals surface area (Å²) in [4.78, 5) is 25.0. The van der Waals surface area contributed by atoms with Crippen LogP contribution >= 0.6 is 0 Å². The Morgan fingerprint density at radius 3 is 2.57 bits per heavy atom. The molecule has 1 N–H and O–H groups in total. The van der Waals surface area contributed by atoms with E-state index >= 15 is 0 Å². The van der Waals surface area contributed by atoms with Crippen LogP contribution in [0.25, 0.3) is 6.08 Å². The lowest BCUT2D eigenvalue weighted by atomic mass is 10.0. The van der Waals surface area contributed by atoms with Crippen LogP contribution in [0.4, 0.5) is 0 Å². The van der Waals surface area contributed by atoms with Crippen molar-refractivity contribution in [2.75, 3.05) is 7.05 Å². The van der Waals surface area contributed by atoms with E-state index in [1.54, 1.807) is 6.07 Å². The van der Waals surface area contributed by atoms with Crippen molar-refractivity contribution in [1.82, 2.24) is 4.90 Å². The molecule has 1 aliphatic carbocycles. The molecule has 1 amide bonds. The average molecular weight is 287 g/mol. The number of hydrogen-bond donors (Lipinski definition) is 1. The van der Waals surface area contributed by atoms with Gasteiger partial charge in [-0.2, -0.15) is 0 Å². The summed E-state index contributed by atoms with van der Waals surface area (Å²) in [6, 6.07) is 5.77. The minimum Gasteiger partial charge on any atom is -0.478 e. The summed E-state index contributed by atoms with van der Waals surface area (Å²) in [7, 11) is 1.86. The van der Waals surface area contributed by atoms with Crippen molar-refractivity contribution in [2.45, 2.75) is 38.6 Å². The van der Waals surface area contributed by atoms with Gasteiger partial charge in [-0.1, -0.05) is 25.0 Å². The van der Waals surface area contributed by atoms with Gasteiger partial charge in [-0.25, -0.2) is 4.79 Å². The molecule has 2 rings (SSSR count). The van der Waals surface area contributed by atoms with E-state index in [1.807, 2.05) is 31.0 Å². The third kappa shape index (κ3) is 3.72. The van der Waals surface area contributed by atoms with E-state index < -0.39 is 5.97 Å². The maximum Gasteiger partial charge on any atom is 0.328 e. The smallest absolute Gasteiger partial charge is 0.328 e. The van der Waals surface area contributed by atoms with Gasteiger partial charge in [0.1, 0.15) is 0 Å². The van der Waals surface area contributed by atoms with E-state index in [-0.39, 0.29) is 5.91 Å². The van der Waals surface area contributed by atoms with Crippen LogP contribution in [0.2, 0.25) is 0 Å². The molecule has 0 unspecified atom stereocenters. The van der Waals surface area contributed by atoms with Crippen LogP contribution in [0.1, 0.15) is 47.2 Å². The largest absolute Gasteiger partial charge is 0.478 e. The summed E-state index contributed by atoms with van der Waals surface area (Å²) in [5, 5.41) is 8.68. The van der Waals surface area contributed by atoms with Crippen LogP contribution in [0.3, 0.4) is 0 Å². The second kappa shape index (κ2) is 6.57. The van der Waals surface area contributed by atoms with Crippen LogP contribution in [0.15, 0.2) is 24.3 Å². The van der Waals surface area contributed by atoms with Crippen molar-refractivity contribution < 1.29 is 14.7 Å². The maximum atomic E-state index is 12.6. The Hall–Kier alpha value is -2.10. The molecule has 21 heavy (non-hydrogen) atoms. The number of benzene rings is 1. The highest BCUT2D eigenvalue weighted by molar-refractivity contribution is 5.96. The van der Waals surface area contributed by atoms with Gasteiger partial charge in [0.2, 0.25) is 0 Å². The van der Waals surface area contributed by atoms with Crippen LogP contribution in [-0.2, 0) is 4.79 Å². The third-order valence-corrected chi connectivity index (χ3v) is 4.10. The molecule has 0 aliphatic heterocycles. The summed E-state index contributed by atoms with van der Waals surface area (Å²) in [6.07, 6.45) is 7.10. The number of amides is 1. The fraction of sp³-hybridized carbons (Fsp3) is 0.412. The lowest BCUT2D eigenvalue weighted by Gasteiger charge is -2.25. The summed E-state index contributed by atoms with van der Waals surface area (Å²) in [5.74, 6) is -0.975. The quantitative estimate of drug-likeness (QED) is 0.866. The molecule has 0 bridgehead atoms. The highest BCUT2D eigenvalue weighted by Crippen LogP contribution is 2.24. The summed E-state index contributed by atoms with van der Waals surface area (Å²) in [6.45, 7) is 1.90. The predicted molar refractivity (Wildman–Crippen MR) is 82.2 cm³/mol. The lowest BCUT2D eigenvalue weighted by molar-refractivity contribution is -0.131. The van der Waals surface area contributed by atoms with Gasteiger partial charge in [-0.15, -0.1) is 0 Å². The zero-order valence-electron chi connectivity index (χ0n) is 12.5. The first kappa shape index (κ1) is 15.3. The number of carbonyl (C=O) groups is 2. The third-order valence-electron chi connectivity index (χ3n) is 4.10. The van der Waals surface area contributed by atoms with Crippen LogP contribution in [0, 0.1) is 6.92 Å². The Morgan fingerprint density at radius 1 is 1.29 bits per heavy atom. The molecule has 0 saturated heterocycles. The number of aliphatic carboxylic acids is 1. The Kier molecular flexibility index (Phi) is 4.78. The predicted octanol–water partition coefficient (Wildman–Crippen LogP) is 3.11. The zero-order valence-corrected chi connectivity index (χ0v) is 12.5. The van der Waals surface area contributed by atoms with E-state index in [0.29, 0.717) is 11.6 Å². The van der Waals surface area contributed by atoms with Gasteiger partial charge in [-0.3, -0.25) is 4.79 Å². The zero-order chi connectivity index (χ0) is 15.4. The molecule has 1 aromatic carbocycles. The van der Waals surface area contributed by atoms with E-state index in [0.717, 1.165) is 30.0 Å². The van der Waals surface area contributed by atoms with Gasteiger partial charge >= 0.3 is 5.97 Å². The highest BCUT2D eigenvalue weighted by atomic mass is 16.4. The number of aryl methyl sites for hydroxylation is 1. The molecule has 112 valence electrons. The number of rotatable bonds is 4. The van der Waals surface area contributed by atoms with Crippen LogP contribution < -0.4 is 0 Å². The molecule has 0 spiro atoms. The summed E-state index contributed by atoms with van der Waals surface area (Å²) >= 11 is 0. The van der Waals surface area contributed by atoms with E-state index in [1.165, 1.54) is 18.9 Å². The number of carboxylic acids is 1. The molecule has 4 nitrogen and oxygen atoms in total. The molecule has 1 aromatic rings. The van der Waals surface area contributed by atoms with Crippen molar-refractivity contribution in [1.29, 1.82) is 0 Å². The maximum absolute atomic E-state index is 12.6. The Balaban J connectivity index is 2.23. The fourth-order valence-electron chi connectivity index (χ4n) is 2.79. The first-order chi connectivity index (χ1) is 9.99. The second-order valence-corrected chi connectivity index (χ2v) is 5.60. The first-order valence-corrected chi connectivity index (χ1v) is 7.28. The Labute approximate surface area is 125 Å².